The number of amides is 1. The van der Waals surface area contributed by atoms with Crippen molar-refractivity contribution in [2.45, 2.75) is 46.0 Å². The van der Waals surface area contributed by atoms with Crippen molar-refractivity contribution in [2.75, 3.05) is 65.6 Å². The summed E-state index contributed by atoms with van der Waals surface area (Å²) in [5, 5.41) is 0. The highest BCUT2D eigenvalue weighted by atomic mass is 16.5. The number of carbonyl (C=O) groups excluding carboxylic acids is 1. The number of carbonyl (C=O) groups is 1. The summed E-state index contributed by atoms with van der Waals surface area (Å²) in [6, 6.07) is 0. The van der Waals surface area contributed by atoms with Crippen LogP contribution in [0.15, 0.2) is 0 Å². The smallest absolute Gasteiger partial charge is 0.236 e. The molecule has 0 spiro atoms. The zero-order valence-corrected chi connectivity index (χ0v) is 15.8. The average Bonchev–Trinajstić information content (AvgIpc) is 2.61. The van der Waals surface area contributed by atoms with Crippen LogP contribution in [-0.4, -0.2) is 86.2 Å². The van der Waals surface area contributed by atoms with Gasteiger partial charge in [0.1, 0.15) is 0 Å². The van der Waals surface area contributed by atoms with Crippen LogP contribution in [0.4, 0.5) is 0 Å². The van der Waals surface area contributed by atoms with Gasteiger partial charge in [-0.15, -0.1) is 0 Å². The second-order valence-electron chi connectivity index (χ2n) is 7.28. The number of hydrogen-bond acceptors (Lipinski definition) is 4. The molecule has 140 valence electrons. The summed E-state index contributed by atoms with van der Waals surface area (Å²) in [4.78, 5) is 19.4. The van der Waals surface area contributed by atoms with E-state index in [2.05, 4.69) is 28.5 Å². The molecule has 24 heavy (non-hydrogen) atoms. The number of ether oxygens (including phenoxy) is 1. The Kier molecular flexibility index (Phi) is 9.07. The van der Waals surface area contributed by atoms with Crippen molar-refractivity contribution in [3.8, 4) is 0 Å². The van der Waals surface area contributed by atoms with E-state index in [9.17, 15) is 4.79 Å². The summed E-state index contributed by atoms with van der Waals surface area (Å²) in [7, 11) is 0. The fraction of sp³-hybridized carbons (Fsp3) is 0.947. The van der Waals surface area contributed by atoms with E-state index in [4.69, 9.17) is 4.74 Å². The molecule has 0 aromatic heterocycles. The zero-order valence-electron chi connectivity index (χ0n) is 15.8. The molecule has 0 radical (unpaired) electrons. The lowest BCUT2D eigenvalue weighted by molar-refractivity contribution is -0.134. The Bertz CT molecular complexity index is 349. The van der Waals surface area contributed by atoms with Gasteiger partial charge in [-0.3, -0.25) is 14.6 Å². The molecule has 0 aliphatic carbocycles. The number of hydrogen-bond donors (Lipinski definition) is 0. The van der Waals surface area contributed by atoms with Crippen LogP contribution in [0, 0.1) is 5.92 Å². The van der Waals surface area contributed by atoms with Gasteiger partial charge in [-0.25, -0.2) is 0 Å². The van der Waals surface area contributed by atoms with Crippen molar-refractivity contribution in [3.05, 3.63) is 0 Å². The number of nitrogens with zero attached hydrogens (tertiary/aromatic N) is 3. The zero-order chi connectivity index (χ0) is 17.2. The summed E-state index contributed by atoms with van der Waals surface area (Å²) >= 11 is 0. The lowest BCUT2D eigenvalue weighted by Crippen LogP contribution is -2.51. The van der Waals surface area contributed by atoms with Crippen molar-refractivity contribution >= 4 is 5.91 Å². The van der Waals surface area contributed by atoms with E-state index < -0.39 is 0 Å². The first-order chi connectivity index (χ1) is 11.7. The summed E-state index contributed by atoms with van der Waals surface area (Å²) in [6.07, 6.45) is 6.14. The predicted molar refractivity (Wildman–Crippen MR) is 98.2 cm³/mol. The molecule has 0 saturated carbocycles. The van der Waals surface area contributed by atoms with E-state index in [1.165, 1.54) is 38.6 Å². The van der Waals surface area contributed by atoms with Gasteiger partial charge in [-0.2, -0.15) is 0 Å². The van der Waals surface area contributed by atoms with E-state index >= 15 is 0 Å². The lowest BCUT2D eigenvalue weighted by atomic mass is 9.92. The fourth-order valence-electron chi connectivity index (χ4n) is 3.88. The van der Waals surface area contributed by atoms with E-state index in [-0.39, 0.29) is 0 Å². The van der Waals surface area contributed by atoms with Crippen LogP contribution in [0.2, 0.25) is 0 Å². The monoisotopic (exact) mass is 339 g/mol. The highest BCUT2D eigenvalue weighted by molar-refractivity contribution is 5.78. The molecular weight excluding hydrogens is 302 g/mol. The van der Waals surface area contributed by atoms with Crippen molar-refractivity contribution in [1.82, 2.24) is 14.7 Å². The van der Waals surface area contributed by atoms with Crippen LogP contribution in [0.3, 0.4) is 0 Å². The molecule has 1 amide bonds. The fourth-order valence-corrected chi connectivity index (χ4v) is 3.88. The number of piperidine rings is 1. The third-order valence-corrected chi connectivity index (χ3v) is 5.44. The minimum atomic E-state index is 0.334. The third kappa shape index (κ3) is 6.69. The first kappa shape index (κ1) is 19.7. The number of piperazine rings is 1. The minimum absolute atomic E-state index is 0.334. The van der Waals surface area contributed by atoms with Crippen LogP contribution >= 0.6 is 0 Å². The SMILES string of the molecule is CCCN1CCN(C(=O)CN2CCC(CCCOCC)CC2)CC1. The minimum Gasteiger partial charge on any atom is -0.382 e. The van der Waals surface area contributed by atoms with E-state index in [0.717, 1.165) is 58.4 Å². The molecule has 0 aromatic rings. The molecule has 0 unspecified atom stereocenters. The third-order valence-electron chi connectivity index (χ3n) is 5.44. The molecule has 2 saturated heterocycles. The van der Waals surface area contributed by atoms with Crippen LogP contribution in [0.25, 0.3) is 0 Å². The molecule has 0 N–H and O–H groups in total. The first-order valence-corrected chi connectivity index (χ1v) is 10.0. The lowest BCUT2D eigenvalue weighted by Gasteiger charge is -2.37. The summed E-state index contributed by atoms with van der Waals surface area (Å²) in [6.45, 7) is 13.9. The topological polar surface area (TPSA) is 36.0 Å². The van der Waals surface area contributed by atoms with E-state index in [0.29, 0.717) is 12.5 Å². The van der Waals surface area contributed by atoms with Gasteiger partial charge >= 0.3 is 0 Å². The van der Waals surface area contributed by atoms with Gasteiger partial charge in [0.25, 0.3) is 0 Å². The van der Waals surface area contributed by atoms with Crippen LogP contribution in [0.1, 0.15) is 46.0 Å². The van der Waals surface area contributed by atoms with Gasteiger partial charge in [0.05, 0.1) is 6.54 Å². The Hall–Kier alpha value is -0.650. The second-order valence-corrected chi connectivity index (χ2v) is 7.28. The maximum absolute atomic E-state index is 12.5. The summed E-state index contributed by atoms with van der Waals surface area (Å²) < 4.78 is 5.42. The van der Waals surface area contributed by atoms with Crippen molar-refractivity contribution in [3.63, 3.8) is 0 Å². The number of rotatable bonds is 9. The Morgan fingerprint density at radius 1 is 1.00 bits per heavy atom. The Labute approximate surface area is 148 Å². The summed E-state index contributed by atoms with van der Waals surface area (Å²) in [5.41, 5.74) is 0. The normalized spacial score (nSPS) is 21.3. The molecule has 2 fully saturated rings. The average molecular weight is 340 g/mol. The van der Waals surface area contributed by atoms with Gasteiger partial charge < -0.3 is 9.64 Å². The molecule has 0 bridgehead atoms. The Balaban J connectivity index is 1.59. The summed E-state index contributed by atoms with van der Waals surface area (Å²) in [5.74, 6) is 1.16. The standard InChI is InChI=1S/C19H37N3O2/c1-3-9-20-12-14-22(15-13-20)19(23)17-21-10-7-18(8-11-21)6-5-16-24-4-2/h18H,3-17H2,1-2H3. The molecule has 2 heterocycles. The molecule has 2 aliphatic rings. The van der Waals surface area contributed by atoms with Crippen LogP contribution in [0.5, 0.6) is 0 Å². The largest absolute Gasteiger partial charge is 0.382 e. The quantitative estimate of drug-likeness (QED) is 0.603. The molecule has 2 aliphatic heterocycles. The maximum atomic E-state index is 12.5. The molecule has 0 aromatic carbocycles. The van der Waals surface area contributed by atoms with Gasteiger partial charge in [0.15, 0.2) is 0 Å². The highest BCUT2D eigenvalue weighted by Gasteiger charge is 2.25. The number of likely N-dealkylation sites (tertiary alicyclic amines) is 1. The molecule has 5 nitrogen and oxygen atoms in total. The van der Waals surface area contributed by atoms with Crippen LogP contribution < -0.4 is 0 Å². The first-order valence-electron chi connectivity index (χ1n) is 10.0. The van der Waals surface area contributed by atoms with Crippen LogP contribution in [-0.2, 0) is 9.53 Å². The Morgan fingerprint density at radius 2 is 1.71 bits per heavy atom. The van der Waals surface area contributed by atoms with Crippen molar-refractivity contribution in [1.29, 1.82) is 0 Å². The molecular formula is C19H37N3O2. The second kappa shape index (κ2) is 11.1. The molecule has 0 atom stereocenters. The van der Waals surface area contributed by atoms with Gasteiger partial charge in [0.2, 0.25) is 5.91 Å². The maximum Gasteiger partial charge on any atom is 0.236 e. The van der Waals surface area contributed by atoms with E-state index in [1.807, 2.05) is 0 Å². The van der Waals surface area contributed by atoms with Crippen molar-refractivity contribution < 1.29 is 9.53 Å². The molecule has 2 rings (SSSR count). The highest BCUT2D eigenvalue weighted by Crippen LogP contribution is 2.22. The van der Waals surface area contributed by atoms with Gasteiger partial charge in [0, 0.05) is 39.4 Å². The predicted octanol–water partition coefficient (Wildman–Crippen LogP) is 2.07. The Morgan fingerprint density at radius 3 is 2.33 bits per heavy atom. The van der Waals surface area contributed by atoms with Crippen molar-refractivity contribution in [2.24, 2.45) is 5.92 Å². The van der Waals surface area contributed by atoms with Gasteiger partial charge in [-0.05, 0) is 64.6 Å². The molecule has 5 heteroatoms. The van der Waals surface area contributed by atoms with E-state index in [1.54, 1.807) is 0 Å². The van der Waals surface area contributed by atoms with Gasteiger partial charge in [-0.1, -0.05) is 6.92 Å².